The van der Waals surface area contributed by atoms with E-state index in [0.717, 1.165) is 36.0 Å². The number of hydrogen-bond acceptors (Lipinski definition) is 3. The molecule has 0 spiro atoms. The number of nitrogens with one attached hydrogen (secondary N) is 2. The highest BCUT2D eigenvalue weighted by Crippen LogP contribution is 2.22. The normalized spacial score (nSPS) is 10.3. The van der Waals surface area contributed by atoms with Crippen molar-refractivity contribution < 1.29 is 9.53 Å². The average Bonchev–Trinajstić information content (AvgIpc) is 2.45. The second kappa shape index (κ2) is 9.77. The molecule has 0 atom stereocenters. The molecule has 0 unspecified atom stereocenters. The van der Waals surface area contributed by atoms with Crippen molar-refractivity contribution >= 4 is 21.8 Å². The third kappa shape index (κ3) is 6.39. The lowest BCUT2D eigenvalue weighted by Crippen LogP contribution is -2.29. The number of benzene rings is 1. The fraction of sp³-hybridized carbons (Fsp3) is 0.533. The van der Waals surface area contributed by atoms with Crippen molar-refractivity contribution in [3.8, 4) is 5.75 Å². The highest BCUT2D eigenvalue weighted by molar-refractivity contribution is 9.10. The largest absolute Gasteiger partial charge is 0.484 e. The van der Waals surface area contributed by atoms with Gasteiger partial charge in [-0.3, -0.25) is 4.79 Å². The average molecular weight is 343 g/mol. The van der Waals surface area contributed by atoms with Gasteiger partial charge in [-0.25, -0.2) is 0 Å². The molecule has 5 heteroatoms. The van der Waals surface area contributed by atoms with Gasteiger partial charge in [0.25, 0.3) is 5.91 Å². The zero-order valence-electron chi connectivity index (χ0n) is 12.2. The Kier molecular flexibility index (Phi) is 8.30. The zero-order chi connectivity index (χ0) is 14.8. The second-order valence-electron chi connectivity index (χ2n) is 4.53. The fourth-order valence-electron chi connectivity index (χ4n) is 1.64. The Balaban J connectivity index is 2.45. The standard InChI is InChI=1S/C15H23BrN2O2/c1-3-5-8-18-15(19)11-20-13-6-7-14(16)12(9-13)10-17-4-2/h6-7,9,17H,3-5,8,10-11H2,1-2H3,(H,18,19). The maximum absolute atomic E-state index is 11.6. The van der Waals surface area contributed by atoms with Crippen LogP contribution in [0.3, 0.4) is 0 Å². The van der Waals surface area contributed by atoms with Gasteiger partial charge in [-0.05, 0) is 36.7 Å². The lowest BCUT2D eigenvalue weighted by molar-refractivity contribution is -0.123. The number of hydrogen-bond donors (Lipinski definition) is 2. The van der Waals surface area contributed by atoms with Gasteiger partial charge in [0.2, 0.25) is 0 Å². The minimum atomic E-state index is -0.0744. The Morgan fingerprint density at radius 1 is 1.35 bits per heavy atom. The summed E-state index contributed by atoms with van der Waals surface area (Å²) in [4.78, 5) is 11.6. The number of ether oxygens (including phenoxy) is 1. The van der Waals surface area contributed by atoms with Gasteiger partial charge in [0.1, 0.15) is 5.75 Å². The minimum Gasteiger partial charge on any atom is -0.484 e. The molecule has 1 amide bonds. The molecule has 20 heavy (non-hydrogen) atoms. The smallest absolute Gasteiger partial charge is 0.257 e. The first-order valence-electron chi connectivity index (χ1n) is 7.06. The summed E-state index contributed by atoms with van der Waals surface area (Å²) < 4.78 is 6.55. The first-order valence-corrected chi connectivity index (χ1v) is 7.85. The molecule has 0 saturated heterocycles. The van der Waals surface area contributed by atoms with E-state index in [9.17, 15) is 4.79 Å². The van der Waals surface area contributed by atoms with Crippen LogP contribution in [0, 0.1) is 0 Å². The number of amides is 1. The van der Waals surface area contributed by atoms with E-state index in [0.29, 0.717) is 12.3 Å². The van der Waals surface area contributed by atoms with Crippen molar-refractivity contribution in [3.63, 3.8) is 0 Å². The Labute approximate surface area is 129 Å². The number of rotatable bonds is 9. The summed E-state index contributed by atoms with van der Waals surface area (Å²) in [6.45, 7) is 6.62. The topological polar surface area (TPSA) is 50.4 Å². The SMILES string of the molecule is CCCCNC(=O)COc1ccc(Br)c(CNCC)c1. The van der Waals surface area contributed by atoms with Crippen LogP contribution in [0.25, 0.3) is 0 Å². The molecular weight excluding hydrogens is 320 g/mol. The van der Waals surface area contributed by atoms with Crippen molar-refractivity contribution in [2.75, 3.05) is 19.7 Å². The van der Waals surface area contributed by atoms with Gasteiger partial charge in [0.05, 0.1) is 0 Å². The predicted molar refractivity (Wildman–Crippen MR) is 84.9 cm³/mol. The zero-order valence-corrected chi connectivity index (χ0v) is 13.8. The summed E-state index contributed by atoms with van der Waals surface area (Å²) in [7, 11) is 0. The van der Waals surface area contributed by atoms with E-state index in [1.165, 1.54) is 0 Å². The van der Waals surface area contributed by atoms with Crippen LogP contribution < -0.4 is 15.4 Å². The monoisotopic (exact) mass is 342 g/mol. The highest BCUT2D eigenvalue weighted by Gasteiger charge is 2.05. The fourth-order valence-corrected chi connectivity index (χ4v) is 2.03. The van der Waals surface area contributed by atoms with Gasteiger partial charge >= 0.3 is 0 Å². The first kappa shape index (κ1) is 17.0. The van der Waals surface area contributed by atoms with Crippen molar-refractivity contribution in [3.05, 3.63) is 28.2 Å². The van der Waals surface area contributed by atoms with Gasteiger partial charge in [-0.1, -0.05) is 36.2 Å². The molecule has 0 aliphatic carbocycles. The van der Waals surface area contributed by atoms with Crippen molar-refractivity contribution in [2.45, 2.75) is 33.2 Å². The van der Waals surface area contributed by atoms with Crippen molar-refractivity contribution in [1.29, 1.82) is 0 Å². The number of carbonyl (C=O) groups excluding carboxylic acids is 1. The second-order valence-corrected chi connectivity index (χ2v) is 5.38. The molecule has 0 aliphatic rings. The minimum absolute atomic E-state index is 0.0615. The van der Waals surface area contributed by atoms with Crippen LogP contribution in [-0.2, 0) is 11.3 Å². The van der Waals surface area contributed by atoms with Crippen LogP contribution in [0.1, 0.15) is 32.3 Å². The van der Waals surface area contributed by atoms with Crippen molar-refractivity contribution in [1.82, 2.24) is 10.6 Å². The van der Waals surface area contributed by atoms with E-state index < -0.39 is 0 Å². The van der Waals surface area contributed by atoms with Gasteiger partial charge in [0.15, 0.2) is 6.61 Å². The molecule has 0 aromatic heterocycles. The van der Waals surface area contributed by atoms with Gasteiger partial charge in [0, 0.05) is 17.6 Å². The highest BCUT2D eigenvalue weighted by atomic mass is 79.9. The molecule has 1 aromatic carbocycles. The van der Waals surface area contributed by atoms with Crippen LogP contribution in [0.5, 0.6) is 5.75 Å². The molecule has 2 N–H and O–H groups in total. The summed E-state index contributed by atoms with van der Waals surface area (Å²) in [6, 6.07) is 5.75. The van der Waals surface area contributed by atoms with E-state index in [1.54, 1.807) is 0 Å². The molecule has 1 rings (SSSR count). The molecule has 0 saturated carbocycles. The predicted octanol–water partition coefficient (Wildman–Crippen LogP) is 2.85. The lowest BCUT2D eigenvalue weighted by atomic mass is 10.2. The van der Waals surface area contributed by atoms with E-state index in [2.05, 4.69) is 40.4 Å². The third-order valence-corrected chi connectivity index (χ3v) is 3.58. The third-order valence-electron chi connectivity index (χ3n) is 2.81. The summed E-state index contributed by atoms with van der Waals surface area (Å²) in [5, 5.41) is 6.10. The van der Waals surface area contributed by atoms with E-state index in [1.807, 2.05) is 18.2 Å². The number of carbonyl (C=O) groups is 1. The van der Waals surface area contributed by atoms with Crippen LogP contribution in [0.2, 0.25) is 0 Å². The number of unbranched alkanes of at least 4 members (excludes halogenated alkanes) is 1. The molecule has 0 heterocycles. The van der Waals surface area contributed by atoms with Gasteiger partial charge < -0.3 is 15.4 Å². The molecule has 0 aliphatic heterocycles. The quantitative estimate of drug-likeness (QED) is 0.678. The van der Waals surface area contributed by atoms with Crippen molar-refractivity contribution in [2.24, 2.45) is 0 Å². The number of halogens is 1. The van der Waals surface area contributed by atoms with Gasteiger partial charge in [-0.2, -0.15) is 0 Å². The maximum atomic E-state index is 11.6. The summed E-state index contributed by atoms with van der Waals surface area (Å²) in [6.07, 6.45) is 2.07. The summed E-state index contributed by atoms with van der Waals surface area (Å²) in [5.41, 5.74) is 1.12. The molecule has 4 nitrogen and oxygen atoms in total. The molecule has 0 radical (unpaired) electrons. The van der Waals surface area contributed by atoms with Crippen LogP contribution in [0.15, 0.2) is 22.7 Å². The Morgan fingerprint density at radius 2 is 2.15 bits per heavy atom. The van der Waals surface area contributed by atoms with Gasteiger partial charge in [-0.15, -0.1) is 0 Å². The Hall–Kier alpha value is -1.07. The van der Waals surface area contributed by atoms with E-state index >= 15 is 0 Å². The van der Waals surface area contributed by atoms with E-state index in [-0.39, 0.29) is 12.5 Å². The Morgan fingerprint density at radius 3 is 2.85 bits per heavy atom. The summed E-state index contributed by atoms with van der Waals surface area (Å²) >= 11 is 3.51. The molecule has 0 bridgehead atoms. The van der Waals surface area contributed by atoms with Crippen LogP contribution >= 0.6 is 15.9 Å². The molecule has 0 fully saturated rings. The molecule has 112 valence electrons. The molecular formula is C15H23BrN2O2. The van der Waals surface area contributed by atoms with E-state index in [4.69, 9.17) is 4.74 Å². The lowest BCUT2D eigenvalue weighted by Gasteiger charge is -2.10. The first-order chi connectivity index (χ1) is 9.67. The maximum Gasteiger partial charge on any atom is 0.257 e. The van der Waals surface area contributed by atoms with Crippen LogP contribution in [-0.4, -0.2) is 25.6 Å². The van der Waals surface area contributed by atoms with Crippen LogP contribution in [0.4, 0.5) is 0 Å². The summed E-state index contributed by atoms with van der Waals surface area (Å²) in [5.74, 6) is 0.640. The molecule has 1 aromatic rings. The Bertz CT molecular complexity index is 424.